The second-order valence-electron chi connectivity index (χ2n) is 5.71. The Labute approximate surface area is 153 Å². The lowest BCUT2D eigenvalue weighted by Crippen LogP contribution is -2.30. The second kappa shape index (κ2) is 7.70. The number of oxazole rings is 1. The third-order valence-corrected chi connectivity index (χ3v) is 4.36. The van der Waals surface area contributed by atoms with Crippen molar-refractivity contribution < 1.29 is 4.42 Å². The Balaban J connectivity index is 0.000000880. The van der Waals surface area contributed by atoms with Crippen LogP contribution in [0.5, 0.6) is 0 Å². The highest BCUT2D eigenvalue weighted by Crippen LogP contribution is 2.31. The van der Waals surface area contributed by atoms with E-state index in [1.165, 1.54) is 5.56 Å². The largest absolute Gasteiger partial charge is 0.439 e. The van der Waals surface area contributed by atoms with Crippen LogP contribution in [0.25, 0.3) is 11.6 Å². The molecule has 1 aliphatic rings. The lowest BCUT2D eigenvalue weighted by Gasteiger charge is -2.29. The number of pyridine rings is 1. The van der Waals surface area contributed by atoms with Gasteiger partial charge < -0.3 is 9.32 Å². The van der Waals surface area contributed by atoms with Crippen molar-refractivity contribution in [3.8, 4) is 11.6 Å². The number of benzene rings is 1. The Bertz CT molecular complexity index is 845. The lowest BCUT2D eigenvalue weighted by atomic mass is 10.1. The van der Waals surface area contributed by atoms with Gasteiger partial charge in [0.05, 0.1) is 6.54 Å². The molecule has 130 valence electrons. The summed E-state index contributed by atoms with van der Waals surface area (Å²) in [4.78, 5) is 11.3. The average Bonchev–Trinajstić information content (AvgIpc) is 3.09. The molecule has 25 heavy (non-hydrogen) atoms. The van der Waals surface area contributed by atoms with Crippen LogP contribution >= 0.6 is 11.6 Å². The van der Waals surface area contributed by atoms with Crippen molar-refractivity contribution in [3.05, 3.63) is 64.6 Å². The molecule has 2 aromatic heterocycles. The lowest BCUT2D eigenvalue weighted by molar-refractivity contribution is 0.498. The molecular weight excluding hydrogens is 334 g/mol. The number of rotatable bonds is 2. The number of aromatic nitrogens is 2. The number of halogens is 1. The quantitative estimate of drug-likeness (QED) is 0.626. The Morgan fingerprint density at radius 1 is 1.16 bits per heavy atom. The molecule has 0 radical (unpaired) electrons. The fourth-order valence-corrected chi connectivity index (χ4v) is 3.09. The second-order valence-corrected chi connectivity index (χ2v) is 6.14. The number of nitrogens with zero attached hydrogens (tertiary/aromatic N) is 3. The summed E-state index contributed by atoms with van der Waals surface area (Å²) in [6.07, 6.45) is 2.58. The SMILES string of the molecule is CC.Cc1ccc(Cl)cc1N1CCc2oc(-c3ccccn3)nc2C1. The van der Waals surface area contributed by atoms with Gasteiger partial charge in [-0.3, -0.25) is 4.98 Å². The van der Waals surface area contributed by atoms with Gasteiger partial charge in [-0.25, -0.2) is 4.98 Å². The maximum Gasteiger partial charge on any atom is 0.245 e. The smallest absolute Gasteiger partial charge is 0.245 e. The zero-order valence-corrected chi connectivity index (χ0v) is 15.5. The van der Waals surface area contributed by atoms with E-state index in [1.54, 1.807) is 6.20 Å². The van der Waals surface area contributed by atoms with E-state index in [9.17, 15) is 0 Å². The van der Waals surface area contributed by atoms with Gasteiger partial charge in [-0.1, -0.05) is 37.6 Å². The standard InChI is InChI=1S/C18H16ClN3O.C2H6/c1-12-5-6-13(19)10-16(12)22-9-7-17-15(11-22)21-18(23-17)14-4-2-3-8-20-14;1-2/h2-6,8,10H,7,9,11H2,1H3;1-2H3. The van der Waals surface area contributed by atoms with Crippen LogP contribution in [-0.2, 0) is 13.0 Å². The number of fused-ring (bicyclic) bond motifs is 1. The Hall–Kier alpha value is -2.33. The summed E-state index contributed by atoms with van der Waals surface area (Å²) in [5, 5.41) is 0.755. The van der Waals surface area contributed by atoms with Crippen LogP contribution in [0, 0.1) is 6.92 Å². The Kier molecular flexibility index (Phi) is 5.39. The minimum absolute atomic E-state index is 0.597. The van der Waals surface area contributed by atoms with Crippen molar-refractivity contribution in [1.29, 1.82) is 0 Å². The fourth-order valence-electron chi connectivity index (χ4n) is 2.93. The van der Waals surface area contributed by atoms with Crippen LogP contribution in [0.4, 0.5) is 5.69 Å². The number of hydrogen-bond acceptors (Lipinski definition) is 4. The van der Waals surface area contributed by atoms with Gasteiger partial charge in [0.2, 0.25) is 5.89 Å². The molecule has 0 saturated carbocycles. The molecule has 0 amide bonds. The molecule has 3 heterocycles. The van der Waals surface area contributed by atoms with Crippen molar-refractivity contribution in [2.45, 2.75) is 33.7 Å². The van der Waals surface area contributed by atoms with Crippen LogP contribution in [0.1, 0.15) is 30.9 Å². The molecule has 0 saturated heterocycles. The van der Waals surface area contributed by atoms with Crippen molar-refractivity contribution in [2.24, 2.45) is 0 Å². The first kappa shape index (κ1) is 17.5. The van der Waals surface area contributed by atoms with E-state index >= 15 is 0 Å². The summed E-state index contributed by atoms with van der Waals surface area (Å²) >= 11 is 6.15. The van der Waals surface area contributed by atoms with Gasteiger partial charge in [-0.05, 0) is 36.8 Å². The minimum Gasteiger partial charge on any atom is -0.439 e. The van der Waals surface area contributed by atoms with E-state index in [0.717, 1.165) is 47.4 Å². The van der Waals surface area contributed by atoms with E-state index in [2.05, 4.69) is 27.9 Å². The minimum atomic E-state index is 0.597. The van der Waals surface area contributed by atoms with E-state index in [0.29, 0.717) is 5.89 Å². The van der Waals surface area contributed by atoms with Crippen LogP contribution in [-0.4, -0.2) is 16.5 Å². The van der Waals surface area contributed by atoms with Crippen LogP contribution in [0.15, 0.2) is 47.0 Å². The van der Waals surface area contributed by atoms with Crippen LogP contribution in [0.3, 0.4) is 0 Å². The van der Waals surface area contributed by atoms with Gasteiger partial charge in [-0.15, -0.1) is 0 Å². The average molecular weight is 356 g/mol. The molecule has 0 N–H and O–H groups in total. The molecule has 3 aromatic rings. The summed E-state index contributed by atoms with van der Waals surface area (Å²) in [6, 6.07) is 11.7. The van der Waals surface area contributed by atoms with E-state index in [4.69, 9.17) is 16.0 Å². The van der Waals surface area contributed by atoms with Crippen molar-refractivity contribution >= 4 is 17.3 Å². The number of hydrogen-bond donors (Lipinski definition) is 0. The first-order valence-electron chi connectivity index (χ1n) is 8.62. The summed E-state index contributed by atoms with van der Waals surface area (Å²) in [7, 11) is 0. The summed E-state index contributed by atoms with van der Waals surface area (Å²) in [6.45, 7) is 7.72. The fraction of sp³-hybridized carbons (Fsp3) is 0.300. The number of anilines is 1. The molecule has 0 aliphatic carbocycles. The molecular formula is C20H22ClN3O. The van der Waals surface area contributed by atoms with Gasteiger partial charge in [0.1, 0.15) is 17.1 Å². The number of aryl methyl sites for hydroxylation is 1. The van der Waals surface area contributed by atoms with Gasteiger partial charge in [0.25, 0.3) is 0 Å². The Morgan fingerprint density at radius 3 is 2.76 bits per heavy atom. The van der Waals surface area contributed by atoms with Crippen LogP contribution < -0.4 is 4.90 Å². The third-order valence-electron chi connectivity index (χ3n) is 4.12. The predicted molar refractivity (Wildman–Crippen MR) is 102 cm³/mol. The predicted octanol–water partition coefficient (Wildman–Crippen LogP) is 5.29. The molecule has 4 rings (SSSR count). The monoisotopic (exact) mass is 355 g/mol. The van der Waals surface area contributed by atoms with E-state index in [1.807, 2.05) is 44.2 Å². The molecule has 0 unspecified atom stereocenters. The van der Waals surface area contributed by atoms with E-state index in [-0.39, 0.29) is 0 Å². The zero-order chi connectivity index (χ0) is 17.8. The molecule has 4 nitrogen and oxygen atoms in total. The molecule has 0 bridgehead atoms. The molecule has 1 aromatic carbocycles. The van der Waals surface area contributed by atoms with Gasteiger partial charge in [-0.2, -0.15) is 0 Å². The first-order valence-corrected chi connectivity index (χ1v) is 8.99. The van der Waals surface area contributed by atoms with Crippen molar-refractivity contribution in [1.82, 2.24) is 9.97 Å². The summed E-state index contributed by atoms with van der Waals surface area (Å²) < 4.78 is 5.90. The molecule has 0 fully saturated rings. The summed E-state index contributed by atoms with van der Waals surface area (Å²) in [5.41, 5.74) is 4.13. The van der Waals surface area contributed by atoms with Gasteiger partial charge in [0.15, 0.2) is 0 Å². The molecule has 5 heteroatoms. The highest BCUT2D eigenvalue weighted by molar-refractivity contribution is 6.30. The Morgan fingerprint density at radius 2 is 2.00 bits per heavy atom. The highest BCUT2D eigenvalue weighted by atomic mass is 35.5. The molecule has 0 atom stereocenters. The topological polar surface area (TPSA) is 42.2 Å². The van der Waals surface area contributed by atoms with Crippen molar-refractivity contribution in [3.63, 3.8) is 0 Å². The summed E-state index contributed by atoms with van der Waals surface area (Å²) in [5.74, 6) is 1.56. The maximum atomic E-state index is 6.15. The third kappa shape index (κ3) is 3.69. The van der Waals surface area contributed by atoms with Gasteiger partial charge in [0, 0.05) is 29.9 Å². The van der Waals surface area contributed by atoms with Crippen LogP contribution in [0.2, 0.25) is 5.02 Å². The molecule has 1 aliphatic heterocycles. The highest BCUT2D eigenvalue weighted by Gasteiger charge is 2.24. The van der Waals surface area contributed by atoms with E-state index < -0.39 is 0 Å². The first-order chi connectivity index (χ1) is 12.2. The zero-order valence-electron chi connectivity index (χ0n) is 14.8. The molecule has 0 spiro atoms. The van der Waals surface area contributed by atoms with Crippen molar-refractivity contribution in [2.75, 3.05) is 11.4 Å². The normalized spacial score (nSPS) is 13.0. The van der Waals surface area contributed by atoms with Gasteiger partial charge >= 0.3 is 0 Å². The maximum absolute atomic E-state index is 6.15.